The molecule has 2 fully saturated rings. The minimum Gasteiger partial charge on any atom is -0.358 e. The Morgan fingerprint density at radius 3 is 2.07 bits per heavy atom. The normalized spacial score (nSPS) is 23.6. The maximum absolute atomic E-state index is 11.4. The van der Waals surface area contributed by atoms with E-state index in [1.807, 2.05) is 6.92 Å². The summed E-state index contributed by atoms with van der Waals surface area (Å²) in [6, 6.07) is 0.577. The zero-order valence-corrected chi connectivity index (χ0v) is 9.05. The molecule has 1 unspecified atom stereocenters. The van der Waals surface area contributed by atoms with Crippen molar-refractivity contribution >= 4 is 5.91 Å². The Morgan fingerprint density at radius 1 is 1.21 bits per heavy atom. The van der Waals surface area contributed by atoms with Crippen LogP contribution in [0.4, 0.5) is 0 Å². The van der Waals surface area contributed by atoms with Gasteiger partial charge in [-0.25, -0.2) is 0 Å². The van der Waals surface area contributed by atoms with Crippen LogP contribution >= 0.6 is 0 Å². The summed E-state index contributed by atoms with van der Waals surface area (Å²) in [5, 5.41) is 6.17. The van der Waals surface area contributed by atoms with Crippen molar-refractivity contribution in [3.63, 3.8) is 0 Å². The topological polar surface area (TPSA) is 41.1 Å². The predicted octanol–water partition coefficient (Wildman–Crippen LogP) is 0.899. The first-order valence-electron chi connectivity index (χ1n) is 5.70. The van der Waals surface area contributed by atoms with Gasteiger partial charge in [-0.15, -0.1) is 0 Å². The molecule has 80 valence electrons. The van der Waals surface area contributed by atoms with Gasteiger partial charge in [0.2, 0.25) is 5.91 Å². The lowest BCUT2D eigenvalue weighted by atomic mass is 10.1. The van der Waals surface area contributed by atoms with Crippen LogP contribution in [0.15, 0.2) is 0 Å². The maximum atomic E-state index is 11.4. The van der Waals surface area contributed by atoms with Crippen molar-refractivity contribution in [1.82, 2.24) is 10.6 Å². The Balaban J connectivity index is 1.83. The second kappa shape index (κ2) is 3.89. The molecule has 14 heavy (non-hydrogen) atoms. The van der Waals surface area contributed by atoms with Crippen molar-refractivity contribution in [1.29, 1.82) is 0 Å². The van der Waals surface area contributed by atoms with E-state index in [0.717, 1.165) is 11.8 Å². The van der Waals surface area contributed by atoms with Gasteiger partial charge in [0.1, 0.15) is 0 Å². The summed E-state index contributed by atoms with van der Waals surface area (Å²) < 4.78 is 0. The third kappa shape index (κ3) is 2.27. The third-order valence-electron chi connectivity index (χ3n) is 3.34. The fraction of sp³-hybridized carbons (Fsp3) is 0.909. The summed E-state index contributed by atoms with van der Waals surface area (Å²) in [4.78, 5) is 11.4. The van der Waals surface area contributed by atoms with Crippen molar-refractivity contribution in [2.45, 2.75) is 44.7 Å². The van der Waals surface area contributed by atoms with Gasteiger partial charge in [-0.1, -0.05) is 0 Å². The van der Waals surface area contributed by atoms with E-state index in [1.165, 1.54) is 25.7 Å². The molecule has 0 radical (unpaired) electrons. The summed E-state index contributed by atoms with van der Waals surface area (Å²) in [7, 11) is 1.70. The first-order chi connectivity index (χ1) is 6.72. The fourth-order valence-electron chi connectivity index (χ4n) is 2.15. The van der Waals surface area contributed by atoms with Crippen LogP contribution in [0, 0.1) is 11.8 Å². The molecule has 2 saturated carbocycles. The number of hydrogen-bond donors (Lipinski definition) is 2. The minimum absolute atomic E-state index is 0.0359. The minimum atomic E-state index is -0.0359. The molecule has 0 aromatic heterocycles. The molecule has 0 bridgehead atoms. The van der Waals surface area contributed by atoms with E-state index in [1.54, 1.807) is 7.05 Å². The van der Waals surface area contributed by atoms with Crippen LogP contribution in [0.2, 0.25) is 0 Å². The molecule has 0 aromatic rings. The van der Waals surface area contributed by atoms with E-state index in [-0.39, 0.29) is 11.9 Å². The lowest BCUT2D eigenvalue weighted by Crippen LogP contribution is -2.47. The highest BCUT2D eigenvalue weighted by Crippen LogP contribution is 2.44. The third-order valence-corrected chi connectivity index (χ3v) is 3.34. The summed E-state index contributed by atoms with van der Waals surface area (Å²) in [6.07, 6.45) is 5.42. The second-order valence-electron chi connectivity index (χ2n) is 4.70. The van der Waals surface area contributed by atoms with Gasteiger partial charge in [-0.3, -0.25) is 4.79 Å². The van der Waals surface area contributed by atoms with Gasteiger partial charge in [-0.2, -0.15) is 0 Å². The summed E-state index contributed by atoms with van der Waals surface area (Å²) in [5.74, 6) is 1.82. The average molecular weight is 196 g/mol. The number of amides is 1. The van der Waals surface area contributed by atoms with Crippen LogP contribution in [0.5, 0.6) is 0 Å². The molecular formula is C11H20N2O. The molecule has 3 nitrogen and oxygen atoms in total. The maximum Gasteiger partial charge on any atom is 0.236 e. The van der Waals surface area contributed by atoms with Gasteiger partial charge in [0.05, 0.1) is 6.04 Å². The van der Waals surface area contributed by atoms with E-state index in [4.69, 9.17) is 0 Å². The molecule has 1 amide bonds. The van der Waals surface area contributed by atoms with Crippen molar-refractivity contribution in [3.05, 3.63) is 0 Å². The van der Waals surface area contributed by atoms with Crippen molar-refractivity contribution in [2.24, 2.45) is 11.8 Å². The van der Waals surface area contributed by atoms with E-state index in [9.17, 15) is 4.79 Å². The van der Waals surface area contributed by atoms with Crippen LogP contribution in [-0.4, -0.2) is 25.0 Å². The molecular weight excluding hydrogens is 176 g/mol. The molecule has 0 saturated heterocycles. The zero-order chi connectivity index (χ0) is 10.1. The fourth-order valence-corrected chi connectivity index (χ4v) is 2.15. The monoisotopic (exact) mass is 196 g/mol. The highest BCUT2D eigenvalue weighted by molar-refractivity contribution is 5.80. The highest BCUT2D eigenvalue weighted by Gasteiger charge is 2.42. The first-order valence-corrected chi connectivity index (χ1v) is 5.70. The molecule has 2 rings (SSSR count). The standard InChI is InChI=1S/C11H20N2O/c1-7(11(14)12-2)13-10(8-3-4-8)9-5-6-9/h7-10,13H,3-6H2,1-2H3,(H,12,14). The Labute approximate surface area is 85.6 Å². The average Bonchev–Trinajstić information content (AvgIpc) is 3.04. The molecule has 0 heterocycles. The molecule has 2 aliphatic carbocycles. The largest absolute Gasteiger partial charge is 0.358 e. The molecule has 2 N–H and O–H groups in total. The molecule has 0 spiro atoms. The van der Waals surface area contributed by atoms with Crippen LogP contribution in [0.1, 0.15) is 32.6 Å². The van der Waals surface area contributed by atoms with Crippen LogP contribution < -0.4 is 10.6 Å². The van der Waals surface area contributed by atoms with Crippen LogP contribution in [0.25, 0.3) is 0 Å². The molecule has 0 aliphatic heterocycles. The van der Waals surface area contributed by atoms with E-state index in [0.29, 0.717) is 6.04 Å². The van der Waals surface area contributed by atoms with Crippen LogP contribution in [-0.2, 0) is 4.79 Å². The number of likely N-dealkylation sites (N-methyl/N-ethyl adjacent to an activating group) is 1. The Kier molecular flexibility index (Phi) is 2.77. The van der Waals surface area contributed by atoms with Crippen molar-refractivity contribution in [3.8, 4) is 0 Å². The summed E-state index contributed by atoms with van der Waals surface area (Å²) in [5.41, 5.74) is 0. The van der Waals surface area contributed by atoms with Gasteiger partial charge in [-0.05, 0) is 44.4 Å². The van der Waals surface area contributed by atoms with Gasteiger partial charge >= 0.3 is 0 Å². The van der Waals surface area contributed by atoms with Crippen LogP contribution in [0.3, 0.4) is 0 Å². The lowest BCUT2D eigenvalue weighted by Gasteiger charge is -2.21. The summed E-state index contributed by atoms with van der Waals surface area (Å²) in [6.45, 7) is 1.95. The van der Waals surface area contributed by atoms with Gasteiger partial charge in [0, 0.05) is 13.1 Å². The Hall–Kier alpha value is -0.570. The lowest BCUT2D eigenvalue weighted by molar-refractivity contribution is -0.122. The smallest absolute Gasteiger partial charge is 0.236 e. The second-order valence-corrected chi connectivity index (χ2v) is 4.70. The quantitative estimate of drug-likeness (QED) is 0.686. The highest BCUT2D eigenvalue weighted by atomic mass is 16.2. The number of hydrogen-bond acceptors (Lipinski definition) is 2. The van der Waals surface area contributed by atoms with Gasteiger partial charge in [0.15, 0.2) is 0 Å². The van der Waals surface area contributed by atoms with Crippen molar-refractivity contribution < 1.29 is 4.79 Å². The van der Waals surface area contributed by atoms with Crippen molar-refractivity contribution in [2.75, 3.05) is 7.05 Å². The Morgan fingerprint density at radius 2 is 1.71 bits per heavy atom. The van der Waals surface area contributed by atoms with E-state index in [2.05, 4.69) is 10.6 Å². The van der Waals surface area contributed by atoms with Gasteiger partial charge < -0.3 is 10.6 Å². The van der Waals surface area contributed by atoms with Gasteiger partial charge in [0.25, 0.3) is 0 Å². The summed E-state index contributed by atoms with van der Waals surface area (Å²) >= 11 is 0. The first kappa shape index (κ1) is 9.97. The number of carbonyl (C=O) groups is 1. The van der Waals surface area contributed by atoms with E-state index >= 15 is 0 Å². The molecule has 3 heteroatoms. The number of carbonyl (C=O) groups excluding carboxylic acids is 1. The zero-order valence-electron chi connectivity index (χ0n) is 9.05. The molecule has 1 atom stereocenters. The Bertz CT molecular complexity index is 209. The number of nitrogens with one attached hydrogen (secondary N) is 2. The predicted molar refractivity (Wildman–Crippen MR) is 55.9 cm³/mol. The number of rotatable bonds is 5. The molecule has 0 aromatic carbocycles. The van der Waals surface area contributed by atoms with E-state index < -0.39 is 0 Å². The molecule has 2 aliphatic rings. The SMILES string of the molecule is CNC(=O)C(C)NC(C1CC1)C1CC1.